The van der Waals surface area contributed by atoms with Gasteiger partial charge in [-0.2, -0.15) is 4.68 Å². The van der Waals surface area contributed by atoms with E-state index >= 15 is 0 Å². The fourth-order valence-corrected chi connectivity index (χ4v) is 2.78. The van der Waals surface area contributed by atoms with Crippen LogP contribution in [0.5, 0.6) is 5.75 Å². The molecule has 0 aliphatic carbocycles. The quantitative estimate of drug-likeness (QED) is 0.800. The minimum atomic E-state index is -0.175. The summed E-state index contributed by atoms with van der Waals surface area (Å²) < 4.78 is 6.82. The highest BCUT2D eigenvalue weighted by molar-refractivity contribution is 7.12. The SMILES string of the molecule is COc1ccc(-c2c(CO)nnn2-c2nc(C)cs2)cc1. The number of aromatic nitrogens is 4. The van der Waals surface area contributed by atoms with E-state index in [0.717, 1.165) is 27.8 Å². The lowest BCUT2D eigenvalue weighted by Gasteiger charge is -2.06. The van der Waals surface area contributed by atoms with Crippen molar-refractivity contribution in [3.63, 3.8) is 0 Å². The van der Waals surface area contributed by atoms with Gasteiger partial charge in [-0.15, -0.1) is 16.4 Å². The Hall–Kier alpha value is -2.25. The summed E-state index contributed by atoms with van der Waals surface area (Å²) in [4.78, 5) is 4.42. The Morgan fingerprint density at radius 1 is 1.29 bits per heavy atom. The summed E-state index contributed by atoms with van der Waals surface area (Å²) in [6.07, 6.45) is 0. The van der Waals surface area contributed by atoms with Crippen LogP contribution in [0.1, 0.15) is 11.4 Å². The van der Waals surface area contributed by atoms with E-state index in [9.17, 15) is 5.11 Å². The van der Waals surface area contributed by atoms with E-state index in [1.54, 1.807) is 11.8 Å². The highest BCUT2D eigenvalue weighted by atomic mass is 32.1. The number of thiazole rings is 1. The molecule has 0 atom stereocenters. The van der Waals surface area contributed by atoms with Crippen LogP contribution in [-0.2, 0) is 6.61 Å². The molecule has 1 aromatic carbocycles. The maximum Gasteiger partial charge on any atom is 0.212 e. The fraction of sp³-hybridized carbons (Fsp3) is 0.214. The van der Waals surface area contributed by atoms with Crippen LogP contribution in [0.2, 0.25) is 0 Å². The lowest BCUT2D eigenvalue weighted by atomic mass is 10.1. The van der Waals surface area contributed by atoms with Gasteiger partial charge in [0.05, 0.1) is 19.4 Å². The van der Waals surface area contributed by atoms with E-state index in [1.165, 1.54) is 11.3 Å². The van der Waals surface area contributed by atoms with Crippen LogP contribution in [0.15, 0.2) is 29.6 Å². The number of hydrogen-bond acceptors (Lipinski definition) is 6. The van der Waals surface area contributed by atoms with E-state index in [2.05, 4.69) is 15.3 Å². The van der Waals surface area contributed by atoms with E-state index in [1.807, 2.05) is 36.6 Å². The highest BCUT2D eigenvalue weighted by Gasteiger charge is 2.17. The van der Waals surface area contributed by atoms with Gasteiger partial charge >= 0.3 is 0 Å². The number of methoxy groups -OCH3 is 1. The van der Waals surface area contributed by atoms with Gasteiger partial charge in [-0.1, -0.05) is 5.21 Å². The average Bonchev–Trinajstić information content (AvgIpc) is 3.13. The number of aliphatic hydroxyl groups is 1. The van der Waals surface area contributed by atoms with Crippen molar-refractivity contribution in [2.45, 2.75) is 13.5 Å². The second kappa shape index (κ2) is 5.63. The molecular weight excluding hydrogens is 288 g/mol. The van der Waals surface area contributed by atoms with Crippen molar-refractivity contribution in [2.24, 2.45) is 0 Å². The summed E-state index contributed by atoms with van der Waals surface area (Å²) >= 11 is 1.49. The molecule has 2 aromatic heterocycles. The van der Waals surface area contributed by atoms with Gasteiger partial charge in [-0.3, -0.25) is 0 Å². The second-order valence-corrected chi connectivity index (χ2v) is 5.29. The molecule has 0 radical (unpaired) electrons. The average molecular weight is 302 g/mol. The first kappa shape index (κ1) is 13.7. The molecule has 0 unspecified atom stereocenters. The van der Waals surface area contributed by atoms with Gasteiger partial charge in [0.15, 0.2) is 0 Å². The van der Waals surface area contributed by atoms with E-state index in [0.29, 0.717) is 5.69 Å². The van der Waals surface area contributed by atoms with Gasteiger partial charge in [-0.25, -0.2) is 4.98 Å². The van der Waals surface area contributed by atoms with E-state index < -0.39 is 0 Å². The molecule has 3 aromatic rings. The van der Waals surface area contributed by atoms with Crippen molar-refractivity contribution in [1.82, 2.24) is 20.0 Å². The smallest absolute Gasteiger partial charge is 0.212 e. The van der Waals surface area contributed by atoms with Crippen LogP contribution in [0, 0.1) is 6.92 Å². The monoisotopic (exact) mass is 302 g/mol. The van der Waals surface area contributed by atoms with Crippen LogP contribution in [0.4, 0.5) is 0 Å². The molecule has 0 fully saturated rings. The molecule has 7 heteroatoms. The van der Waals surface area contributed by atoms with Crippen LogP contribution in [0.25, 0.3) is 16.4 Å². The number of aryl methyl sites for hydroxylation is 1. The van der Waals surface area contributed by atoms with Gasteiger partial charge in [0.1, 0.15) is 17.1 Å². The number of nitrogens with zero attached hydrogens (tertiary/aromatic N) is 4. The van der Waals surface area contributed by atoms with Crippen LogP contribution < -0.4 is 4.74 Å². The van der Waals surface area contributed by atoms with Gasteiger partial charge < -0.3 is 9.84 Å². The zero-order valence-electron chi connectivity index (χ0n) is 11.6. The molecule has 1 N–H and O–H groups in total. The van der Waals surface area contributed by atoms with E-state index in [-0.39, 0.29) is 6.61 Å². The predicted octanol–water partition coefficient (Wildman–Crippen LogP) is 2.20. The third-order valence-electron chi connectivity index (χ3n) is 3.04. The molecule has 3 rings (SSSR count). The summed E-state index contributed by atoms with van der Waals surface area (Å²) in [6, 6.07) is 7.54. The molecular formula is C14H14N4O2S. The molecule has 0 bridgehead atoms. The molecule has 0 saturated carbocycles. The first-order chi connectivity index (χ1) is 10.2. The fourth-order valence-electron chi connectivity index (χ4n) is 2.03. The van der Waals surface area contributed by atoms with Crippen molar-refractivity contribution in [2.75, 3.05) is 7.11 Å². The molecule has 0 aliphatic rings. The van der Waals surface area contributed by atoms with Gasteiger partial charge in [0, 0.05) is 10.9 Å². The highest BCUT2D eigenvalue weighted by Crippen LogP contribution is 2.28. The summed E-state index contributed by atoms with van der Waals surface area (Å²) in [5.41, 5.74) is 3.09. The lowest BCUT2D eigenvalue weighted by Crippen LogP contribution is -2.00. The lowest BCUT2D eigenvalue weighted by molar-refractivity contribution is 0.277. The summed E-state index contributed by atoms with van der Waals surface area (Å²) in [7, 11) is 1.62. The molecule has 0 aliphatic heterocycles. The van der Waals surface area contributed by atoms with Crippen LogP contribution in [-0.4, -0.2) is 32.2 Å². The largest absolute Gasteiger partial charge is 0.497 e. The van der Waals surface area contributed by atoms with Gasteiger partial charge in [0.25, 0.3) is 0 Å². The topological polar surface area (TPSA) is 73.1 Å². The van der Waals surface area contributed by atoms with E-state index in [4.69, 9.17) is 4.74 Å². The van der Waals surface area contributed by atoms with Crippen LogP contribution in [0.3, 0.4) is 0 Å². The number of ether oxygens (including phenoxy) is 1. The third kappa shape index (κ3) is 2.53. The number of hydrogen-bond donors (Lipinski definition) is 1. The van der Waals surface area contributed by atoms with Crippen molar-refractivity contribution in [1.29, 1.82) is 0 Å². The van der Waals surface area contributed by atoms with Gasteiger partial charge in [-0.05, 0) is 31.2 Å². The Morgan fingerprint density at radius 3 is 2.62 bits per heavy atom. The minimum absolute atomic E-state index is 0.175. The summed E-state index contributed by atoms with van der Waals surface area (Å²) in [6.45, 7) is 1.75. The third-order valence-corrected chi connectivity index (χ3v) is 3.98. The molecule has 21 heavy (non-hydrogen) atoms. The Bertz CT molecular complexity index is 749. The number of aliphatic hydroxyl groups excluding tert-OH is 1. The van der Waals surface area contributed by atoms with Crippen molar-refractivity contribution in [3.05, 3.63) is 41.0 Å². The first-order valence-electron chi connectivity index (χ1n) is 6.35. The van der Waals surface area contributed by atoms with Crippen LogP contribution >= 0.6 is 11.3 Å². The molecule has 0 saturated heterocycles. The second-order valence-electron chi connectivity index (χ2n) is 4.45. The first-order valence-corrected chi connectivity index (χ1v) is 7.23. The zero-order chi connectivity index (χ0) is 14.8. The zero-order valence-corrected chi connectivity index (χ0v) is 12.5. The standard InChI is InChI=1S/C14H14N4O2S/c1-9-8-21-14(15-9)18-13(12(7-19)16-17-18)10-3-5-11(20-2)6-4-10/h3-6,8,19H,7H2,1-2H3. The summed E-state index contributed by atoms with van der Waals surface area (Å²) in [5, 5.41) is 20.3. The summed E-state index contributed by atoms with van der Waals surface area (Å²) in [5.74, 6) is 0.772. The Balaban J connectivity index is 2.13. The predicted molar refractivity (Wildman–Crippen MR) is 79.7 cm³/mol. The van der Waals surface area contributed by atoms with Gasteiger partial charge in [0.2, 0.25) is 5.13 Å². The van der Waals surface area contributed by atoms with Crippen molar-refractivity contribution >= 4 is 11.3 Å². The minimum Gasteiger partial charge on any atom is -0.497 e. The molecule has 0 amide bonds. The normalized spacial score (nSPS) is 10.8. The number of rotatable bonds is 4. The molecule has 0 spiro atoms. The maximum absolute atomic E-state index is 9.49. The van der Waals surface area contributed by atoms with Crippen molar-refractivity contribution in [3.8, 4) is 22.1 Å². The molecule has 2 heterocycles. The van der Waals surface area contributed by atoms with Crippen molar-refractivity contribution < 1.29 is 9.84 Å². The Kier molecular flexibility index (Phi) is 3.68. The Morgan fingerprint density at radius 2 is 2.05 bits per heavy atom. The number of benzene rings is 1. The molecule has 6 nitrogen and oxygen atoms in total. The maximum atomic E-state index is 9.49. The Labute approximate surface area is 125 Å². The molecule has 108 valence electrons.